The van der Waals surface area contributed by atoms with E-state index in [2.05, 4.69) is 13.2 Å². The summed E-state index contributed by atoms with van der Waals surface area (Å²) in [5.41, 5.74) is 4.77. The van der Waals surface area contributed by atoms with E-state index in [1.165, 1.54) is 48.5 Å². The van der Waals surface area contributed by atoms with Gasteiger partial charge in [-0.2, -0.15) is 0 Å². The molecule has 0 heterocycles. The van der Waals surface area contributed by atoms with Gasteiger partial charge in [0.2, 0.25) is 0 Å². The second-order valence-corrected chi connectivity index (χ2v) is 14.7. The van der Waals surface area contributed by atoms with Crippen LogP contribution < -0.4 is 18.9 Å². The van der Waals surface area contributed by atoms with Crippen molar-refractivity contribution in [2.75, 3.05) is 79.3 Å². The molecule has 18 nitrogen and oxygen atoms in total. The van der Waals surface area contributed by atoms with Crippen LogP contribution in [0.3, 0.4) is 0 Å². The summed E-state index contributed by atoms with van der Waals surface area (Å²) >= 11 is 0. The molecule has 0 aliphatic heterocycles. The number of carbonyl (C=O) groups excluding carboxylic acids is 6. The molecule has 0 atom stereocenters. The average Bonchev–Trinajstić information content (AvgIpc) is 3.59. The number of ether oxygens (including phenoxy) is 12. The van der Waals surface area contributed by atoms with Crippen LogP contribution in [0.5, 0.6) is 23.0 Å². The normalized spacial score (nSPS) is 11.3. The Bertz CT molecular complexity index is 2240. The van der Waals surface area contributed by atoms with Crippen molar-refractivity contribution in [2.24, 2.45) is 0 Å². The van der Waals surface area contributed by atoms with Gasteiger partial charge in [0.25, 0.3) is 0 Å². The lowest BCUT2D eigenvalue weighted by Gasteiger charge is -2.11. The van der Waals surface area contributed by atoms with E-state index in [0.29, 0.717) is 22.6 Å². The second kappa shape index (κ2) is 26.7. The zero-order valence-corrected chi connectivity index (χ0v) is 37.9. The molecular weight excluding hydrogens is 889 g/mol. The minimum atomic E-state index is -0.948. The van der Waals surface area contributed by atoms with Crippen LogP contribution in [-0.4, -0.2) is 115 Å². The summed E-state index contributed by atoms with van der Waals surface area (Å²) in [6.07, 6.45) is -1.90. The largest absolute Gasteiger partial charge is 0.513 e. The number of carbonyl (C=O) groups is 6. The molecule has 68 heavy (non-hydrogen) atoms. The summed E-state index contributed by atoms with van der Waals surface area (Å²) in [6.45, 7) is 13.8. The van der Waals surface area contributed by atoms with E-state index in [4.69, 9.17) is 56.8 Å². The molecule has 0 fully saturated rings. The van der Waals surface area contributed by atoms with Crippen molar-refractivity contribution in [3.05, 3.63) is 131 Å². The summed E-state index contributed by atoms with van der Waals surface area (Å²) in [7, 11) is 0. The van der Waals surface area contributed by atoms with Gasteiger partial charge in [-0.25, -0.2) is 28.8 Å². The molecule has 0 radical (unpaired) electrons. The van der Waals surface area contributed by atoms with Crippen LogP contribution in [0.15, 0.2) is 109 Å². The molecular formula is C50H52O18. The zero-order chi connectivity index (χ0) is 48.8. The first kappa shape index (κ1) is 51.6. The SMILES string of the molecule is C=C(C)C(=O)OCCOCCOCCOC(=O)Oc1ccc(C(=O)Oc2ccc3c(c2)C(C)c2cc(OC(=O)c4ccc(OC(=O)OCCOCCOCCOC(=O)C(=C)C)cc4)ccc2-3)cc1. The number of fused-ring (bicyclic) bond motifs is 3. The van der Waals surface area contributed by atoms with Gasteiger partial charge in [0, 0.05) is 17.1 Å². The number of hydrogen-bond acceptors (Lipinski definition) is 18. The quantitative estimate of drug-likeness (QED) is 0.0148. The lowest BCUT2D eigenvalue weighted by molar-refractivity contribution is -0.141. The van der Waals surface area contributed by atoms with Crippen molar-refractivity contribution in [1.29, 1.82) is 0 Å². The fraction of sp³-hybridized carbons (Fsp3) is 0.320. The molecule has 0 bridgehead atoms. The molecule has 0 unspecified atom stereocenters. The van der Waals surface area contributed by atoms with Gasteiger partial charge in [-0.05, 0) is 109 Å². The summed E-state index contributed by atoms with van der Waals surface area (Å²) in [4.78, 5) is 72.9. The molecule has 0 N–H and O–H groups in total. The van der Waals surface area contributed by atoms with Crippen LogP contribution in [0.2, 0.25) is 0 Å². The van der Waals surface area contributed by atoms with Crippen LogP contribution in [0.4, 0.5) is 9.59 Å². The smallest absolute Gasteiger partial charge is 0.460 e. The topological polar surface area (TPSA) is 213 Å². The molecule has 360 valence electrons. The van der Waals surface area contributed by atoms with E-state index in [1.807, 2.05) is 19.1 Å². The lowest BCUT2D eigenvalue weighted by Crippen LogP contribution is -2.16. The number of rotatable bonds is 26. The fourth-order valence-corrected chi connectivity index (χ4v) is 6.13. The molecule has 4 aromatic carbocycles. The monoisotopic (exact) mass is 940 g/mol. The van der Waals surface area contributed by atoms with E-state index in [9.17, 15) is 28.8 Å². The standard InChI is InChI=1S/C50H52O18/c1-32(2)45(51)61-26-22-57-18-20-59-24-28-63-49(55)67-37-10-6-35(7-11-37)47(53)65-39-14-16-41-42-17-15-40(31-44(42)34(5)43(41)30-39)66-48(54)36-8-12-38(13-9-36)68-50(56)64-29-25-60-21-19-58-23-27-62-46(52)33(3)4/h6-17,30-31,34H,1,3,18-29H2,2,4-5H3. The first-order chi connectivity index (χ1) is 32.8. The third-order valence-corrected chi connectivity index (χ3v) is 9.53. The van der Waals surface area contributed by atoms with E-state index < -0.39 is 36.2 Å². The Morgan fingerprint density at radius 1 is 0.412 bits per heavy atom. The maximum Gasteiger partial charge on any atom is 0.513 e. The molecule has 5 rings (SSSR count). The summed E-state index contributed by atoms with van der Waals surface area (Å²) in [5.74, 6) is -1.37. The lowest BCUT2D eigenvalue weighted by atomic mass is 9.99. The van der Waals surface area contributed by atoms with E-state index in [0.717, 1.165) is 22.3 Å². The van der Waals surface area contributed by atoms with Crippen molar-refractivity contribution >= 4 is 36.2 Å². The van der Waals surface area contributed by atoms with Crippen LogP contribution in [-0.2, 0) is 47.5 Å². The van der Waals surface area contributed by atoms with Crippen LogP contribution in [0.1, 0.15) is 58.5 Å². The Hall–Kier alpha value is -7.38. The second-order valence-electron chi connectivity index (χ2n) is 14.7. The number of esters is 4. The van der Waals surface area contributed by atoms with Gasteiger partial charge < -0.3 is 56.8 Å². The molecule has 1 aliphatic carbocycles. The van der Waals surface area contributed by atoms with Gasteiger partial charge in [-0.3, -0.25) is 0 Å². The Morgan fingerprint density at radius 2 is 0.721 bits per heavy atom. The third-order valence-electron chi connectivity index (χ3n) is 9.53. The molecule has 1 aliphatic rings. The van der Waals surface area contributed by atoms with Gasteiger partial charge in [0.15, 0.2) is 0 Å². The predicted molar refractivity (Wildman–Crippen MR) is 241 cm³/mol. The highest BCUT2D eigenvalue weighted by Gasteiger charge is 2.27. The van der Waals surface area contributed by atoms with Crippen molar-refractivity contribution in [3.63, 3.8) is 0 Å². The Kier molecular flexibility index (Phi) is 20.3. The van der Waals surface area contributed by atoms with Crippen molar-refractivity contribution in [3.8, 4) is 34.1 Å². The van der Waals surface area contributed by atoms with Crippen LogP contribution >= 0.6 is 0 Å². The van der Waals surface area contributed by atoms with E-state index >= 15 is 0 Å². The Morgan fingerprint density at radius 3 is 1.06 bits per heavy atom. The molecule has 0 aromatic heterocycles. The molecule has 18 heteroatoms. The van der Waals surface area contributed by atoms with Crippen molar-refractivity contribution in [2.45, 2.75) is 26.7 Å². The van der Waals surface area contributed by atoms with Crippen molar-refractivity contribution < 1.29 is 85.6 Å². The third kappa shape index (κ3) is 16.5. The molecule has 4 aromatic rings. The number of benzene rings is 4. The molecule has 0 saturated carbocycles. The van der Waals surface area contributed by atoms with Gasteiger partial charge >= 0.3 is 36.2 Å². The first-order valence-corrected chi connectivity index (χ1v) is 21.4. The maximum absolute atomic E-state index is 13.1. The highest BCUT2D eigenvalue weighted by molar-refractivity contribution is 5.93. The fourth-order valence-electron chi connectivity index (χ4n) is 6.13. The molecule has 0 amide bonds. The van der Waals surface area contributed by atoms with Gasteiger partial charge in [-0.15, -0.1) is 0 Å². The summed E-state index contributed by atoms with van der Waals surface area (Å²) in [5, 5.41) is 0. The zero-order valence-electron chi connectivity index (χ0n) is 37.9. The maximum atomic E-state index is 13.1. The summed E-state index contributed by atoms with van der Waals surface area (Å²) in [6, 6.07) is 22.3. The first-order valence-electron chi connectivity index (χ1n) is 21.4. The van der Waals surface area contributed by atoms with Crippen LogP contribution in [0, 0.1) is 0 Å². The van der Waals surface area contributed by atoms with E-state index in [-0.39, 0.29) is 108 Å². The molecule has 0 spiro atoms. The highest BCUT2D eigenvalue weighted by Crippen LogP contribution is 2.47. The Balaban J connectivity index is 0.984. The highest BCUT2D eigenvalue weighted by atomic mass is 16.7. The molecule has 0 saturated heterocycles. The minimum Gasteiger partial charge on any atom is -0.460 e. The van der Waals surface area contributed by atoms with Crippen LogP contribution in [0.25, 0.3) is 11.1 Å². The number of hydrogen-bond donors (Lipinski definition) is 0. The van der Waals surface area contributed by atoms with Gasteiger partial charge in [0.05, 0.1) is 64.0 Å². The van der Waals surface area contributed by atoms with Gasteiger partial charge in [-0.1, -0.05) is 32.2 Å². The Labute approximate surface area is 392 Å². The van der Waals surface area contributed by atoms with Crippen molar-refractivity contribution in [1.82, 2.24) is 0 Å². The minimum absolute atomic E-state index is 0.0607. The average molecular weight is 941 g/mol. The predicted octanol–water partition coefficient (Wildman–Crippen LogP) is 7.59. The summed E-state index contributed by atoms with van der Waals surface area (Å²) < 4.78 is 62.8. The van der Waals surface area contributed by atoms with E-state index in [1.54, 1.807) is 38.1 Å². The van der Waals surface area contributed by atoms with Gasteiger partial charge in [0.1, 0.15) is 49.4 Å².